The van der Waals surface area contributed by atoms with Crippen molar-refractivity contribution in [3.8, 4) is 0 Å². The van der Waals surface area contributed by atoms with Crippen LogP contribution in [0.4, 0.5) is 16.0 Å². The highest BCUT2D eigenvalue weighted by molar-refractivity contribution is 6.33. The topological polar surface area (TPSA) is 156 Å². The largest absolute Gasteiger partial charge is 0.396 e. The Morgan fingerprint density at radius 2 is 1.94 bits per heavy atom. The van der Waals surface area contributed by atoms with Crippen LogP contribution in [0, 0.1) is 11.2 Å². The summed E-state index contributed by atoms with van der Waals surface area (Å²) in [6.07, 6.45) is 1.68. The number of aliphatic hydroxyl groups excluding tert-OH is 3. The summed E-state index contributed by atoms with van der Waals surface area (Å²) >= 11 is 5.96. The van der Waals surface area contributed by atoms with E-state index in [-0.39, 0.29) is 29.3 Å². The van der Waals surface area contributed by atoms with Gasteiger partial charge in [0.05, 0.1) is 34.7 Å². The van der Waals surface area contributed by atoms with Crippen molar-refractivity contribution in [2.75, 3.05) is 18.1 Å². The molecule has 1 saturated carbocycles. The average Bonchev–Trinajstić information content (AvgIpc) is 3.35. The number of anilines is 2. The predicted octanol–water partition coefficient (Wildman–Crippen LogP) is 2.21. The average molecular weight is 487 g/mol. The van der Waals surface area contributed by atoms with Crippen LogP contribution in [-0.4, -0.2) is 53.7 Å². The van der Waals surface area contributed by atoms with E-state index in [9.17, 15) is 19.7 Å². The molecule has 11 heteroatoms. The molecule has 1 aliphatic rings. The molecule has 1 fully saturated rings. The first-order valence-electron chi connectivity index (χ1n) is 10.8. The molecule has 1 aromatic carbocycles. The zero-order valence-electron chi connectivity index (χ0n) is 18.1. The summed E-state index contributed by atoms with van der Waals surface area (Å²) in [5.74, 6) is -0.0573. The smallest absolute Gasteiger partial charge is 0.145 e. The fraction of sp³-hybridized carbons (Fsp3) is 0.348. The van der Waals surface area contributed by atoms with Gasteiger partial charge in [-0.3, -0.25) is 0 Å². The number of rotatable bonds is 5. The minimum absolute atomic E-state index is 0.109. The molecule has 0 radical (unpaired) electrons. The quantitative estimate of drug-likeness (QED) is 0.287. The van der Waals surface area contributed by atoms with Crippen molar-refractivity contribution in [2.24, 2.45) is 5.41 Å². The number of nitrogen functional groups attached to an aromatic ring is 2. The number of nitrogens with zero attached hydrogens (tertiary/aromatic N) is 4. The van der Waals surface area contributed by atoms with E-state index in [0.717, 1.165) is 0 Å². The number of aliphatic hydroxyl groups is 3. The van der Waals surface area contributed by atoms with Gasteiger partial charge in [0.25, 0.3) is 0 Å². The number of benzene rings is 1. The van der Waals surface area contributed by atoms with Gasteiger partial charge in [0, 0.05) is 17.0 Å². The number of pyridine rings is 1. The normalized spacial score (nSPS) is 24.9. The molecular weight excluding hydrogens is 463 g/mol. The first-order chi connectivity index (χ1) is 16.2. The van der Waals surface area contributed by atoms with Crippen LogP contribution in [0.3, 0.4) is 0 Å². The Balaban J connectivity index is 1.43. The first-order valence-corrected chi connectivity index (χ1v) is 11.2. The summed E-state index contributed by atoms with van der Waals surface area (Å²) < 4.78 is 16.5. The lowest BCUT2D eigenvalue weighted by Crippen LogP contribution is -2.39. The Morgan fingerprint density at radius 3 is 2.71 bits per heavy atom. The van der Waals surface area contributed by atoms with E-state index in [0.29, 0.717) is 40.8 Å². The number of aryl methyl sites for hydroxylation is 1. The summed E-state index contributed by atoms with van der Waals surface area (Å²) in [7, 11) is 0. The molecule has 3 aromatic heterocycles. The van der Waals surface area contributed by atoms with Crippen molar-refractivity contribution in [2.45, 2.75) is 37.5 Å². The van der Waals surface area contributed by atoms with E-state index in [1.165, 1.54) is 18.5 Å². The maximum Gasteiger partial charge on any atom is 0.145 e. The Kier molecular flexibility index (Phi) is 5.56. The molecule has 4 atom stereocenters. The van der Waals surface area contributed by atoms with Gasteiger partial charge in [0.1, 0.15) is 35.5 Å². The third-order valence-corrected chi connectivity index (χ3v) is 7.31. The Labute approximate surface area is 198 Å². The highest BCUT2D eigenvalue weighted by Crippen LogP contribution is 2.48. The van der Waals surface area contributed by atoms with Crippen molar-refractivity contribution in [1.82, 2.24) is 19.5 Å². The summed E-state index contributed by atoms with van der Waals surface area (Å²) in [6.45, 7) is -0.352. The number of hydrogen-bond acceptors (Lipinski definition) is 8. The molecule has 0 spiro atoms. The molecular formula is C23H24ClFN6O3. The van der Waals surface area contributed by atoms with Gasteiger partial charge in [0.15, 0.2) is 0 Å². The minimum atomic E-state index is -1.20. The molecule has 7 N–H and O–H groups in total. The Hall–Kier alpha value is -3.05. The zero-order valence-corrected chi connectivity index (χ0v) is 18.8. The molecule has 0 saturated heterocycles. The van der Waals surface area contributed by atoms with Crippen molar-refractivity contribution in [3.63, 3.8) is 0 Å². The van der Waals surface area contributed by atoms with Gasteiger partial charge in [-0.05, 0) is 49.1 Å². The molecule has 0 bridgehead atoms. The molecule has 0 unspecified atom stereocenters. The van der Waals surface area contributed by atoms with Crippen LogP contribution >= 0.6 is 11.6 Å². The molecule has 178 valence electrons. The molecule has 5 rings (SSSR count). The van der Waals surface area contributed by atoms with Gasteiger partial charge in [-0.25, -0.2) is 19.3 Å². The van der Waals surface area contributed by atoms with Gasteiger partial charge in [-0.2, -0.15) is 0 Å². The van der Waals surface area contributed by atoms with Crippen LogP contribution in [-0.2, 0) is 6.42 Å². The van der Waals surface area contributed by atoms with Crippen LogP contribution in [0.5, 0.6) is 0 Å². The fourth-order valence-electron chi connectivity index (χ4n) is 5.05. The lowest BCUT2D eigenvalue weighted by atomic mass is 9.79. The molecule has 9 nitrogen and oxygen atoms in total. The Bertz CT molecular complexity index is 1400. The maximum absolute atomic E-state index is 14.7. The standard InChI is InChI=1S/C23H24ClFN6O3/c24-14-7-13-15(25)5-11(6-16(13)30-21(14)27)1-3-23(9-32)8-17(18(33)19(23)34)31-4-2-12-20(26)28-10-29-22(12)31/h2,4-7,10,17-19,32-34H,1,3,8-9H2,(H2,27,30)(H2,26,28,29)/t17-,18+,19+,23+/m1/s1. The summed E-state index contributed by atoms with van der Waals surface area (Å²) in [5.41, 5.74) is 12.2. The highest BCUT2D eigenvalue weighted by atomic mass is 35.5. The van der Waals surface area contributed by atoms with Crippen LogP contribution in [0.25, 0.3) is 21.9 Å². The second kappa shape index (κ2) is 8.31. The Morgan fingerprint density at radius 1 is 1.15 bits per heavy atom. The van der Waals surface area contributed by atoms with Crippen LogP contribution < -0.4 is 11.5 Å². The van der Waals surface area contributed by atoms with E-state index >= 15 is 0 Å². The molecule has 34 heavy (non-hydrogen) atoms. The van der Waals surface area contributed by atoms with Crippen molar-refractivity contribution >= 4 is 45.2 Å². The molecule has 0 aliphatic heterocycles. The minimum Gasteiger partial charge on any atom is -0.396 e. The van der Waals surface area contributed by atoms with Gasteiger partial charge in [-0.15, -0.1) is 0 Å². The number of hydrogen-bond donors (Lipinski definition) is 5. The number of nitrogens with two attached hydrogens (primary N) is 2. The first kappa shape index (κ1) is 22.7. The predicted molar refractivity (Wildman–Crippen MR) is 127 cm³/mol. The molecule has 0 amide bonds. The van der Waals surface area contributed by atoms with Crippen LogP contribution in [0.1, 0.15) is 24.4 Å². The van der Waals surface area contributed by atoms with Gasteiger partial charge >= 0.3 is 0 Å². The van der Waals surface area contributed by atoms with Crippen molar-refractivity contribution in [3.05, 3.63) is 53.2 Å². The molecule has 1 aliphatic carbocycles. The van der Waals surface area contributed by atoms with E-state index in [2.05, 4.69) is 15.0 Å². The number of fused-ring (bicyclic) bond motifs is 2. The van der Waals surface area contributed by atoms with Gasteiger partial charge < -0.3 is 31.4 Å². The van der Waals surface area contributed by atoms with Crippen molar-refractivity contribution < 1.29 is 19.7 Å². The summed E-state index contributed by atoms with van der Waals surface area (Å²) in [4.78, 5) is 12.4. The van der Waals surface area contributed by atoms with Crippen molar-refractivity contribution in [1.29, 1.82) is 0 Å². The lowest BCUT2D eigenvalue weighted by molar-refractivity contribution is -0.0519. The van der Waals surface area contributed by atoms with E-state index in [4.69, 9.17) is 23.1 Å². The fourth-order valence-corrected chi connectivity index (χ4v) is 5.20. The van der Waals surface area contributed by atoms with Crippen LogP contribution in [0.15, 0.2) is 36.8 Å². The lowest BCUT2D eigenvalue weighted by Gasteiger charge is -2.31. The third-order valence-electron chi connectivity index (χ3n) is 7.01. The van der Waals surface area contributed by atoms with E-state index in [1.54, 1.807) is 22.9 Å². The third kappa shape index (κ3) is 3.54. The summed E-state index contributed by atoms with van der Waals surface area (Å²) in [5, 5.41) is 33.3. The maximum atomic E-state index is 14.7. The molecule has 4 aromatic rings. The van der Waals surface area contributed by atoms with Crippen LogP contribution in [0.2, 0.25) is 5.02 Å². The van der Waals surface area contributed by atoms with Gasteiger partial charge in [-0.1, -0.05) is 11.6 Å². The summed E-state index contributed by atoms with van der Waals surface area (Å²) in [6, 6.07) is 5.75. The second-order valence-electron chi connectivity index (χ2n) is 8.95. The van der Waals surface area contributed by atoms with E-state index in [1.807, 2.05) is 0 Å². The zero-order chi connectivity index (χ0) is 24.2. The number of halogens is 2. The highest BCUT2D eigenvalue weighted by Gasteiger charge is 2.52. The SMILES string of the molecule is Nc1nc2cc(CC[C@@]3(CO)C[C@@H](n4ccc5c(N)ncnc54)[C@H](O)[C@@H]3O)cc(F)c2cc1Cl. The number of aromatic nitrogens is 4. The van der Waals surface area contributed by atoms with E-state index < -0.39 is 29.5 Å². The second-order valence-corrected chi connectivity index (χ2v) is 9.35. The monoisotopic (exact) mass is 486 g/mol. The molecule has 3 heterocycles. The van der Waals surface area contributed by atoms with Gasteiger partial charge in [0.2, 0.25) is 0 Å².